The molecule has 3 heterocycles. The highest BCUT2D eigenvalue weighted by atomic mass is 19.4. The number of H-pyrrole nitrogens is 1. The molecular formula is C23H23F5N6O2. The van der Waals surface area contributed by atoms with Crippen molar-refractivity contribution < 1.29 is 31.5 Å². The number of nitrogens with zero attached hydrogens (tertiary/aromatic N) is 2. The molecule has 1 aliphatic carbocycles. The van der Waals surface area contributed by atoms with E-state index in [1.54, 1.807) is 0 Å². The Morgan fingerprint density at radius 1 is 1.25 bits per heavy atom. The first-order chi connectivity index (χ1) is 17.1. The van der Waals surface area contributed by atoms with E-state index in [0.29, 0.717) is 12.7 Å². The van der Waals surface area contributed by atoms with E-state index in [0.717, 1.165) is 32.8 Å². The van der Waals surface area contributed by atoms with Crippen molar-refractivity contribution in [1.82, 2.24) is 20.3 Å². The summed E-state index contributed by atoms with van der Waals surface area (Å²) in [6.07, 6.45) is -2.85. The Bertz CT molecular complexity index is 1290. The number of carbonyl (C=O) groups is 1. The Morgan fingerprint density at radius 2 is 2.03 bits per heavy atom. The molecule has 4 N–H and O–H groups in total. The summed E-state index contributed by atoms with van der Waals surface area (Å²) < 4.78 is 74.0. The van der Waals surface area contributed by atoms with Gasteiger partial charge in [-0.2, -0.15) is 13.2 Å². The maximum absolute atomic E-state index is 13.9. The second-order valence-corrected chi connectivity index (χ2v) is 9.06. The maximum atomic E-state index is 13.9. The Labute approximate surface area is 202 Å². The zero-order valence-corrected chi connectivity index (χ0v) is 19.1. The van der Waals surface area contributed by atoms with Crippen molar-refractivity contribution in [1.29, 1.82) is 0 Å². The average molecular weight is 510 g/mol. The van der Waals surface area contributed by atoms with Crippen molar-refractivity contribution in [2.75, 3.05) is 24.3 Å². The minimum atomic E-state index is -4.78. The van der Waals surface area contributed by atoms with Crippen LogP contribution in [0.4, 0.5) is 38.4 Å². The summed E-state index contributed by atoms with van der Waals surface area (Å²) in [5, 5.41) is 8.86. The van der Waals surface area contributed by atoms with Crippen molar-refractivity contribution in [3.05, 3.63) is 35.7 Å². The molecule has 192 valence electrons. The summed E-state index contributed by atoms with van der Waals surface area (Å²) in [4.78, 5) is 22.3. The van der Waals surface area contributed by atoms with Crippen LogP contribution in [0.2, 0.25) is 0 Å². The molecule has 0 bridgehead atoms. The summed E-state index contributed by atoms with van der Waals surface area (Å²) in [7, 11) is 1.08. The standard InChI is InChI=1S/C23H23F5N6O2/c1-36-21(35)33-15-3-2-12-13(9-29-18(12)16(15)19(24)25)17-14(23(26,27)28)10-30-20(34-17)32-11-4-5-22(6-7-22)31-8-11/h2-3,9-11,19,29,31H,4-8H2,1H3,(H,33,35)(H,30,32,34). The number of halogens is 5. The van der Waals surface area contributed by atoms with E-state index in [2.05, 4.69) is 35.6 Å². The largest absolute Gasteiger partial charge is 0.453 e. The van der Waals surface area contributed by atoms with Gasteiger partial charge in [0.1, 0.15) is 5.56 Å². The number of alkyl halides is 5. The first-order valence-corrected chi connectivity index (χ1v) is 11.3. The summed E-state index contributed by atoms with van der Waals surface area (Å²) >= 11 is 0. The number of carbonyl (C=O) groups excluding carboxylic acids is 1. The average Bonchev–Trinajstić information content (AvgIpc) is 3.45. The van der Waals surface area contributed by atoms with Crippen LogP contribution in [0.15, 0.2) is 24.5 Å². The summed E-state index contributed by atoms with van der Waals surface area (Å²) in [5.74, 6) is 0.0176. The summed E-state index contributed by atoms with van der Waals surface area (Å²) in [5.41, 5.74) is -2.28. The first kappa shape index (κ1) is 24.2. The van der Waals surface area contributed by atoms with Gasteiger partial charge >= 0.3 is 12.3 Å². The fourth-order valence-corrected chi connectivity index (χ4v) is 4.64. The Morgan fingerprint density at radius 3 is 2.64 bits per heavy atom. The Hall–Kier alpha value is -3.48. The van der Waals surface area contributed by atoms with E-state index in [4.69, 9.17) is 0 Å². The van der Waals surface area contributed by atoms with Gasteiger partial charge in [-0.3, -0.25) is 5.32 Å². The van der Waals surface area contributed by atoms with E-state index in [-0.39, 0.29) is 39.7 Å². The topological polar surface area (TPSA) is 104 Å². The van der Waals surface area contributed by atoms with Crippen LogP contribution in [-0.4, -0.2) is 46.3 Å². The molecule has 8 nitrogen and oxygen atoms in total. The molecule has 1 aromatic carbocycles. The molecular weight excluding hydrogens is 487 g/mol. The lowest BCUT2D eigenvalue weighted by Crippen LogP contribution is -2.46. The predicted octanol–water partition coefficient (Wildman–Crippen LogP) is 5.46. The fraction of sp³-hybridized carbons (Fsp3) is 0.435. The second kappa shape index (κ2) is 8.87. The third-order valence-corrected chi connectivity index (χ3v) is 6.77. The van der Waals surface area contributed by atoms with Crippen LogP contribution in [0, 0.1) is 0 Å². The molecule has 1 saturated carbocycles. The molecule has 1 atom stereocenters. The van der Waals surface area contributed by atoms with Crippen molar-refractivity contribution in [2.24, 2.45) is 0 Å². The van der Waals surface area contributed by atoms with Gasteiger partial charge in [0.05, 0.1) is 29.6 Å². The third-order valence-electron chi connectivity index (χ3n) is 6.77. The molecule has 1 saturated heterocycles. The monoisotopic (exact) mass is 510 g/mol. The number of anilines is 2. The minimum absolute atomic E-state index is 0.0176. The number of nitrogens with one attached hydrogen (secondary N) is 4. The van der Waals surface area contributed by atoms with E-state index < -0.39 is 35.5 Å². The number of piperidine rings is 1. The Balaban J connectivity index is 1.54. The number of benzene rings is 1. The zero-order chi connectivity index (χ0) is 25.7. The van der Waals surface area contributed by atoms with Crippen molar-refractivity contribution in [2.45, 2.75) is 49.9 Å². The van der Waals surface area contributed by atoms with Gasteiger partial charge in [0.25, 0.3) is 6.43 Å². The summed E-state index contributed by atoms with van der Waals surface area (Å²) in [6, 6.07) is 2.47. The van der Waals surface area contributed by atoms with Crippen LogP contribution in [0.1, 0.15) is 43.2 Å². The van der Waals surface area contributed by atoms with Gasteiger partial charge in [0.2, 0.25) is 5.95 Å². The smallest absolute Gasteiger partial charge is 0.419 e. The van der Waals surface area contributed by atoms with Crippen LogP contribution in [0.5, 0.6) is 0 Å². The lowest BCUT2D eigenvalue weighted by atomic mass is 9.99. The molecule has 3 aromatic rings. The van der Waals surface area contributed by atoms with E-state index >= 15 is 0 Å². The van der Waals surface area contributed by atoms with Crippen LogP contribution in [0.25, 0.3) is 22.2 Å². The highest BCUT2D eigenvalue weighted by Gasteiger charge is 2.45. The van der Waals surface area contributed by atoms with Gasteiger partial charge in [-0.05, 0) is 31.7 Å². The number of fused-ring (bicyclic) bond motifs is 1. The number of hydrogen-bond donors (Lipinski definition) is 4. The lowest BCUT2D eigenvalue weighted by molar-refractivity contribution is -0.137. The normalized spacial score (nSPS) is 19.0. The van der Waals surface area contributed by atoms with E-state index in [9.17, 15) is 26.7 Å². The van der Waals surface area contributed by atoms with Crippen molar-refractivity contribution in [3.8, 4) is 11.3 Å². The molecule has 13 heteroatoms. The zero-order valence-electron chi connectivity index (χ0n) is 19.1. The van der Waals surface area contributed by atoms with Gasteiger partial charge in [0, 0.05) is 41.5 Å². The van der Waals surface area contributed by atoms with Crippen LogP contribution >= 0.6 is 0 Å². The number of hydrogen-bond acceptors (Lipinski definition) is 6. The highest BCUT2D eigenvalue weighted by molar-refractivity contribution is 6.01. The number of ether oxygens (including phenoxy) is 1. The molecule has 1 aliphatic heterocycles. The van der Waals surface area contributed by atoms with Crippen LogP contribution in [0.3, 0.4) is 0 Å². The molecule has 1 amide bonds. The number of amides is 1. The SMILES string of the molecule is COC(=O)Nc1ccc2c(-c3nc(NC4CCC5(CC5)NC4)ncc3C(F)(F)F)c[nH]c2c1C(F)F. The number of aromatic nitrogens is 3. The molecule has 2 aromatic heterocycles. The molecule has 5 rings (SSSR count). The molecule has 1 unspecified atom stereocenters. The van der Waals surface area contributed by atoms with Crippen molar-refractivity contribution >= 4 is 28.6 Å². The van der Waals surface area contributed by atoms with Gasteiger partial charge in [-0.1, -0.05) is 6.07 Å². The quantitative estimate of drug-likeness (QED) is 0.340. The fourth-order valence-electron chi connectivity index (χ4n) is 4.64. The second-order valence-electron chi connectivity index (χ2n) is 9.06. The van der Waals surface area contributed by atoms with Gasteiger partial charge in [0.15, 0.2) is 0 Å². The lowest BCUT2D eigenvalue weighted by Gasteiger charge is -2.30. The van der Waals surface area contributed by atoms with Gasteiger partial charge < -0.3 is 20.4 Å². The number of rotatable bonds is 5. The van der Waals surface area contributed by atoms with Gasteiger partial charge in [-0.15, -0.1) is 0 Å². The summed E-state index contributed by atoms with van der Waals surface area (Å²) in [6.45, 7) is 0.639. The first-order valence-electron chi connectivity index (χ1n) is 11.3. The number of aromatic amines is 1. The highest BCUT2D eigenvalue weighted by Crippen LogP contribution is 2.43. The minimum Gasteiger partial charge on any atom is -0.453 e. The van der Waals surface area contributed by atoms with Crippen molar-refractivity contribution in [3.63, 3.8) is 0 Å². The molecule has 36 heavy (non-hydrogen) atoms. The molecule has 0 radical (unpaired) electrons. The predicted molar refractivity (Wildman–Crippen MR) is 122 cm³/mol. The third kappa shape index (κ3) is 4.54. The molecule has 2 aliphatic rings. The van der Waals surface area contributed by atoms with Crippen LogP contribution < -0.4 is 16.0 Å². The maximum Gasteiger partial charge on any atom is 0.419 e. The van der Waals surface area contributed by atoms with Crippen LogP contribution in [-0.2, 0) is 10.9 Å². The molecule has 2 fully saturated rings. The van der Waals surface area contributed by atoms with E-state index in [1.165, 1.54) is 18.3 Å². The van der Waals surface area contributed by atoms with E-state index in [1.807, 2.05) is 0 Å². The Kier molecular flexibility index (Phi) is 5.97. The number of methoxy groups -OCH3 is 1. The molecule has 1 spiro atoms. The van der Waals surface area contributed by atoms with Gasteiger partial charge in [-0.25, -0.2) is 23.5 Å².